The van der Waals surface area contributed by atoms with Gasteiger partial charge in [0.05, 0.1) is 6.54 Å². The topological polar surface area (TPSA) is 95.9 Å². The van der Waals surface area contributed by atoms with Gasteiger partial charge in [-0.2, -0.15) is 0 Å². The van der Waals surface area contributed by atoms with Gasteiger partial charge < -0.3 is 20.3 Å². The minimum absolute atomic E-state index is 0.261. The van der Waals surface area contributed by atoms with Crippen LogP contribution in [0, 0.1) is 0 Å². The van der Waals surface area contributed by atoms with Gasteiger partial charge in [0.25, 0.3) is 0 Å². The minimum Gasteiger partial charge on any atom is -0.479 e. The van der Waals surface area contributed by atoms with Crippen LogP contribution in [0.4, 0.5) is 0 Å². The maximum Gasteiger partial charge on any atom is 0.334 e. The van der Waals surface area contributed by atoms with Gasteiger partial charge in [-0.3, -0.25) is 4.79 Å². The highest BCUT2D eigenvalue weighted by atomic mass is 16.5. The molecular formula is C9H17NO5. The van der Waals surface area contributed by atoms with Crippen molar-refractivity contribution in [2.75, 3.05) is 19.8 Å². The number of hydrogen-bond donors (Lipinski definition) is 3. The summed E-state index contributed by atoms with van der Waals surface area (Å²) in [5, 5.41) is 19.5. The summed E-state index contributed by atoms with van der Waals surface area (Å²) in [7, 11) is 0. The second-order valence-electron chi connectivity index (χ2n) is 2.96. The molecule has 0 bridgehead atoms. The Kier molecular flexibility index (Phi) is 7.57. The average Bonchev–Trinajstić information content (AvgIpc) is 2.20. The van der Waals surface area contributed by atoms with Crippen LogP contribution in [-0.2, 0) is 14.3 Å². The summed E-state index contributed by atoms with van der Waals surface area (Å²) in [6, 6.07) is 0. The fraction of sp³-hybridized carbons (Fsp3) is 0.778. The van der Waals surface area contributed by atoms with E-state index >= 15 is 0 Å². The molecule has 6 heteroatoms. The summed E-state index contributed by atoms with van der Waals surface area (Å²) < 4.78 is 5.02. The number of carboxylic acids is 1. The summed E-state index contributed by atoms with van der Waals surface area (Å²) in [5.74, 6) is -1.63. The molecule has 0 aromatic heterocycles. The van der Waals surface area contributed by atoms with Gasteiger partial charge in [-0.15, -0.1) is 0 Å². The molecule has 0 aliphatic heterocycles. The lowest BCUT2D eigenvalue weighted by atomic mass is 10.3. The number of amides is 1. The Morgan fingerprint density at radius 1 is 1.47 bits per heavy atom. The highest BCUT2D eigenvalue weighted by molar-refractivity contribution is 5.77. The lowest BCUT2D eigenvalue weighted by Crippen LogP contribution is -2.36. The molecule has 6 nitrogen and oxygen atoms in total. The van der Waals surface area contributed by atoms with Gasteiger partial charge in [0, 0.05) is 19.6 Å². The summed E-state index contributed by atoms with van der Waals surface area (Å²) in [4.78, 5) is 21.3. The second-order valence-corrected chi connectivity index (χ2v) is 2.96. The number of aliphatic carboxylic acids is 1. The minimum atomic E-state index is -1.54. The first kappa shape index (κ1) is 13.9. The largest absolute Gasteiger partial charge is 0.479 e. The molecule has 88 valence electrons. The molecule has 0 aromatic carbocycles. The molecule has 0 heterocycles. The molecular weight excluding hydrogens is 202 g/mol. The molecule has 0 fully saturated rings. The van der Waals surface area contributed by atoms with Crippen molar-refractivity contribution in [1.29, 1.82) is 0 Å². The lowest BCUT2D eigenvalue weighted by Gasteiger charge is -2.07. The Labute approximate surface area is 88.2 Å². The van der Waals surface area contributed by atoms with Crippen LogP contribution in [0.5, 0.6) is 0 Å². The lowest BCUT2D eigenvalue weighted by molar-refractivity contribution is -0.146. The highest BCUT2D eigenvalue weighted by Gasteiger charge is 2.13. The smallest absolute Gasteiger partial charge is 0.334 e. The first-order valence-electron chi connectivity index (χ1n) is 4.83. The van der Waals surface area contributed by atoms with Crippen LogP contribution in [0.25, 0.3) is 0 Å². The van der Waals surface area contributed by atoms with Crippen molar-refractivity contribution in [3.8, 4) is 0 Å². The third kappa shape index (κ3) is 7.90. The number of rotatable bonds is 8. The van der Waals surface area contributed by atoms with Crippen molar-refractivity contribution in [1.82, 2.24) is 5.32 Å². The summed E-state index contributed by atoms with van der Waals surface area (Å²) >= 11 is 0. The van der Waals surface area contributed by atoms with Crippen molar-refractivity contribution < 1.29 is 24.5 Å². The van der Waals surface area contributed by atoms with Gasteiger partial charge >= 0.3 is 5.97 Å². The van der Waals surface area contributed by atoms with Crippen molar-refractivity contribution in [2.45, 2.75) is 25.9 Å². The van der Waals surface area contributed by atoms with E-state index in [-0.39, 0.29) is 18.9 Å². The molecule has 0 saturated heterocycles. The van der Waals surface area contributed by atoms with Crippen LogP contribution < -0.4 is 5.32 Å². The predicted octanol–water partition coefficient (Wildman–Crippen LogP) is -0.635. The zero-order chi connectivity index (χ0) is 11.7. The molecule has 15 heavy (non-hydrogen) atoms. The van der Waals surface area contributed by atoms with Crippen LogP contribution in [-0.4, -0.2) is 48.0 Å². The molecule has 0 radical (unpaired) electrons. The Bertz CT molecular complexity index is 207. The third-order valence-corrected chi connectivity index (χ3v) is 1.67. The molecule has 1 amide bonds. The molecule has 0 saturated carbocycles. The Morgan fingerprint density at radius 2 is 2.13 bits per heavy atom. The number of carboxylic acid groups (broad SMARTS) is 1. The van der Waals surface area contributed by atoms with Gasteiger partial charge in [-0.25, -0.2) is 4.79 Å². The van der Waals surface area contributed by atoms with E-state index in [4.69, 9.17) is 14.9 Å². The fourth-order valence-corrected chi connectivity index (χ4v) is 0.865. The van der Waals surface area contributed by atoms with E-state index in [9.17, 15) is 9.59 Å². The van der Waals surface area contributed by atoms with E-state index in [2.05, 4.69) is 5.32 Å². The van der Waals surface area contributed by atoms with Crippen LogP contribution >= 0.6 is 0 Å². The Hall–Kier alpha value is -1.14. The van der Waals surface area contributed by atoms with Crippen LogP contribution in [0.15, 0.2) is 0 Å². The van der Waals surface area contributed by atoms with E-state index in [1.165, 1.54) is 0 Å². The van der Waals surface area contributed by atoms with E-state index in [0.717, 1.165) is 0 Å². The first-order chi connectivity index (χ1) is 7.07. The molecule has 1 atom stereocenters. The third-order valence-electron chi connectivity index (χ3n) is 1.67. The molecule has 0 aliphatic rings. The number of ether oxygens (including phenoxy) is 1. The molecule has 3 N–H and O–H groups in total. The summed E-state index contributed by atoms with van der Waals surface area (Å²) in [6.45, 7) is 2.72. The number of carbonyl (C=O) groups excluding carboxylic acids is 1. The maximum atomic E-state index is 11.1. The summed E-state index contributed by atoms with van der Waals surface area (Å²) in [5.41, 5.74) is 0. The van der Waals surface area contributed by atoms with Crippen LogP contribution in [0.1, 0.15) is 19.8 Å². The average molecular weight is 219 g/mol. The SMILES string of the molecule is CCOCCCC(=O)NC[C@H](O)C(=O)O. The number of aliphatic hydroxyl groups is 1. The normalized spacial score (nSPS) is 12.1. The number of carbonyl (C=O) groups is 2. The number of hydrogen-bond acceptors (Lipinski definition) is 4. The van der Waals surface area contributed by atoms with Gasteiger partial charge in [0.2, 0.25) is 5.91 Å². The Balaban J connectivity index is 3.45. The fourth-order valence-electron chi connectivity index (χ4n) is 0.865. The van der Waals surface area contributed by atoms with Gasteiger partial charge in [0.15, 0.2) is 6.10 Å². The van der Waals surface area contributed by atoms with Crippen molar-refractivity contribution in [3.63, 3.8) is 0 Å². The molecule has 0 spiro atoms. The molecule has 0 aromatic rings. The van der Waals surface area contributed by atoms with Gasteiger partial charge in [-0.05, 0) is 13.3 Å². The quantitative estimate of drug-likeness (QED) is 0.472. The number of nitrogens with one attached hydrogen (secondary N) is 1. The van der Waals surface area contributed by atoms with Crippen molar-refractivity contribution in [2.24, 2.45) is 0 Å². The highest BCUT2D eigenvalue weighted by Crippen LogP contribution is 1.90. The van der Waals surface area contributed by atoms with Crippen molar-refractivity contribution in [3.05, 3.63) is 0 Å². The first-order valence-corrected chi connectivity index (χ1v) is 4.83. The maximum absolute atomic E-state index is 11.1. The monoisotopic (exact) mass is 219 g/mol. The van der Waals surface area contributed by atoms with E-state index in [0.29, 0.717) is 19.6 Å². The van der Waals surface area contributed by atoms with E-state index < -0.39 is 12.1 Å². The Morgan fingerprint density at radius 3 is 2.67 bits per heavy atom. The van der Waals surface area contributed by atoms with Gasteiger partial charge in [0.1, 0.15) is 0 Å². The zero-order valence-electron chi connectivity index (χ0n) is 8.73. The van der Waals surface area contributed by atoms with Crippen molar-refractivity contribution >= 4 is 11.9 Å². The number of aliphatic hydroxyl groups excluding tert-OH is 1. The predicted molar refractivity (Wildman–Crippen MR) is 52.4 cm³/mol. The van der Waals surface area contributed by atoms with Crippen LogP contribution in [0.2, 0.25) is 0 Å². The standard InChI is InChI=1S/C9H17NO5/c1-2-15-5-3-4-8(12)10-6-7(11)9(13)14/h7,11H,2-6H2,1H3,(H,10,12)(H,13,14)/t7-/m0/s1. The van der Waals surface area contributed by atoms with E-state index in [1.54, 1.807) is 0 Å². The molecule has 0 unspecified atom stereocenters. The second kappa shape index (κ2) is 8.19. The zero-order valence-corrected chi connectivity index (χ0v) is 8.73. The molecule has 0 rings (SSSR count). The van der Waals surface area contributed by atoms with Crippen LogP contribution in [0.3, 0.4) is 0 Å². The molecule has 0 aliphatic carbocycles. The summed E-state index contributed by atoms with van der Waals surface area (Å²) in [6.07, 6.45) is -0.685. The van der Waals surface area contributed by atoms with Gasteiger partial charge in [-0.1, -0.05) is 0 Å². The van der Waals surface area contributed by atoms with E-state index in [1.807, 2.05) is 6.92 Å².